The van der Waals surface area contributed by atoms with Gasteiger partial charge in [0.1, 0.15) is 5.75 Å². The number of nitrogens with zero attached hydrogens (tertiary/aromatic N) is 1. The number of nitrogens with two attached hydrogens (primary N) is 1. The van der Waals surface area contributed by atoms with Gasteiger partial charge >= 0.3 is 0 Å². The van der Waals surface area contributed by atoms with Crippen molar-refractivity contribution in [2.24, 2.45) is 5.73 Å². The standard InChI is InChI=1S/C17H16N2O2/c1-21-15-6-7-16-14(10-15)8-9-19(16)11-12-2-4-13(5-3-12)17(18)20/h2-10H,11H2,1H3,(H2,18,20). The Balaban J connectivity index is 1.89. The minimum Gasteiger partial charge on any atom is -0.497 e. The molecular formula is C17H16N2O2. The van der Waals surface area contributed by atoms with E-state index in [9.17, 15) is 4.79 Å². The fourth-order valence-corrected chi connectivity index (χ4v) is 2.41. The van der Waals surface area contributed by atoms with E-state index in [1.54, 1.807) is 19.2 Å². The molecule has 0 spiro atoms. The van der Waals surface area contributed by atoms with Gasteiger partial charge in [0, 0.05) is 29.2 Å². The first-order valence-electron chi connectivity index (χ1n) is 6.69. The van der Waals surface area contributed by atoms with Gasteiger partial charge < -0.3 is 15.0 Å². The lowest BCUT2D eigenvalue weighted by molar-refractivity contribution is 0.100. The number of amides is 1. The molecule has 106 valence electrons. The molecule has 3 rings (SSSR count). The van der Waals surface area contributed by atoms with E-state index in [0.717, 1.165) is 28.8 Å². The van der Waals surface area contributed by atoms with Crippen LogP contribution in [0, 0.1) is 0 Å². The van der Waals surface area contributed by atoms with Crippen LogP contribution in [-0.2, 0) is 6.54 Å². The summed E-state index contributed by atoms with van der Waals surface area (Å²) in [6.07, 6.45) is 2.05. The summed E-state index contributed by atoms with van der Waals surface area (Å²) < 4.78 is 7.39. The van der Waals surface area contributed by atoms with E-state index >= 15 is 0 Å². The number of primary amides is 1. The lowest BCUT2D eigenvalue weighted by Gasteiger charge is -2.07. The summed E-state index contributed by atoms with van der Waals surface area (Å²) in [6.45, 7) is 0.745. The SMILES string of the molecule is COc1ccc2c(ccn2Cc2ccc(C(N)=O)cc2)c1. The molecule has 1 heterocycles. The van der Waals surface area contributed by atoms with Crippen LogP contribution in [0.25, 0.3) is 10.9 Å². The average Bonchev–Trinajstić information content (AvgIpc) is 2.90. The molecule has 21 heavy (non-hydrogen) atoms. The van der Waals surface area contributed by atoms with Crippen LogP contribution in [0.15, 0.2) is 54.7 Å². The van der Waals surface area contributed by atoms with Gasteiger partial charge in [-0.3, -0.25) is 4.79 Å². The van der Waals surface area contributed by atoms with Crippen molar-refractivity contribution < 1.29 is 9.53 Å². The van der Waals surface area contributed by atoms with Crippen LogP contribution in [0.1, 0.15) is 15.9 Å². The maximum Gasteiger partial charge on any atom is 0.248 e. The fraction of sp³-hybridized carbons (Fsp3) is 0.118. The molecule has 0 aliphatic heterocycles. The van der Waals surface area contributed by atoms with Crippen molar-refractivity contribution in [3.8, 4) is 5.75 Å². The Labute approximate surface area is 122 Å². The Hall–Kier alpha value is -2.75. The first-order chi connectivity index (χ1) is 10.2. The third-order valence-electron chi connectivity index (χ3n) is 3.57. The quantitative estimate of drug-likeness (QED) is 0.799. The highest BCUT2D eigenvalue weighted by Crippen LogP contribution is 2.22. The van der Waals surface area contributed by atoms with Crippen molar-refractivity contribution in [2.45, 2.75) is 6.54 Å². The Morgan fingerprint density at radius 3 is 2.57 bits per heavy atom. The minimum atomic E-state index is -0.403. The first kappa shape index (κ1) is 13.2. The molecule has 2 N–H and O–H groups in total. The Bertz CT molecular complexity index is 788. The summed E-state index contributed by atoms with van der Waals surface area (Å²) in [5, 5.41) is 1.14. The van der Waals surface area contributed by atoms with Gasteiger partial charge in [-0.2, -0.15) is 0 Å². The van der Waals surface area contributed by atoms with Crippen LogP contribution in [0.2, 0.25) is 0 Å². The van der Waals surface area contributed by atoms with Crippen LogP contribution >= 0.6 is 0 Å². The second-order valence-corrected chi connectivity index (χ2v) is 4.93. The van der Waals surface area contributed by atoms with E-state index in [-0.39, 0.29) is 0 Å². The smallest absolute Gasteiger partial charge is 0.248 e. The van der Waals surface area contributed by atoms with Gasteiger partial charge in [0.05, 0.1) is 7.11 Å². The van der Waals surface area contributed by atoms with Gasteiger partial charge in [-0.25, -0.2) is 0 Å². The predicted octanol–water partition coefficient (Wildman–Crippen LogP) is 2.80. The zero-order valence-corrected chi connectivity index (χ0v) is 11.7. The predicted molar refractivity (Wildman–Crippen MR) is 82.6 cm³/mol. The molecule has 1 amide bonds. The zero-order valence-electron chi connectivity index (χ0n) is 11.7. The molecule has 0 radical (unpaired) electrons. The van der Waals surface area contributed by atoms with Gasteiger partial charge in [0.2, 0.25) is 5.91 Å². The van der Waals surface area contributed by atoms with Gasteiger partial charge in [-0.15, -0.1) is 0 Å². The molecule has 0 atom stereocenters. The summed E-state index contributed by atoms with van der Waals surface area (Å²) in [7, 11) is 1.67. The Morgan fingerprint density at radius 2 is 1.90 bits per heavy atom. The molecular weight excluding hydrogens is 264 g/mol. The zero-order chi connectivity index (χ0) is 14.8. The molecule has 0 aliphatic rings. The number of fused-ring (bicyclic) bond motifs is 1. The van der Waals surface area contributed by atoms with Crippen LogP contribution in [0.4, 0.5) is 0 Å². The number of hydrogen-bond donors (Lipinski definition) is 1. The third-order valence-corrected chi connectivity index (χ3v) is 3.57. The molecule has 2 aromatic carbocycles. The van der Waals surface area contributed by atoms with E-state index < -0.39 is 5.91 Å². The van der Waals surface area contributed by atoms with Crippen molar-refractivity contribution in [1.82, 2.24) is 4.57 Å². The normalized spacial score (nSPS) is 10.7. The van der Waals surface area contributed by atoms with Gasteiger partial charge in [-0.05, 0) is 42.0 Å². The van der Waals surface area contributed by atoms with Crippen molar-refractivity contribution in [3.05, 3.63) is 65.9 Å². The van der Waals surface area contributed by atoms with E-state index in [2.05, 4.69) is 10.6 Å². The third kappa shape index (κ3) is 2.60. The van der Waals surface area contributed by atoms with Crippen LogP contribution < -0.4 is 10.5 Å². The van der Waals surface area contributed by atoms with Crippen molar-refractivity contribution in [3.63, 3.8) is 0 Å². The molecule has 3 aromatic rings. The summed E-state index contributed by atoms with van der Waals surface area (Å²) in [6, 6.07) is 15.4. The summed E-state index contributed by atoms with van der Waals surface area (Å²) in [4.78, 5) is 11.1. The van der Waals surface area contributed by atoms with E-state index in [1.165, 1.54) is 0 Å². The number of aromatic nitrogens is 1. The maximum absolute atomic E-state index is 11.1. The number of methoxy groups -OCH3 is 1. The lowest BCUT2D eigenvalue weighted by atomic mass is 10.1. The van der Waals surface area contributed by atoms with E-state index in [0.29, 0.717) is 5.56 Å². The Kier molecular flexibility index (Phi) is 3.36. The van der Waals surface area contributed by atoms with Crippen molar-refractivity contribution >= 4 is 16.8 Å². The molecule has 4 nitrogen and oxygen atoms in total. The maximum atomic E-state index is 11.1. The van der Waals surface area contributed by atoms with Crippen molar-refractivity contribution in [2.75, 3.05) is 7.11 Å². The number of benzene rings is 2. The molecule has 0 unspecified atom stereocenters. The topological polar surface area (TPSA) is 57.2 Å². The molecule has 0 fully saturated rings. The molecule has 0 saturated carbocycles. The number of hydrogen-bond acceptors (Lipinski definition) is 2. The highest BCUT2D eigenvalue weighted by molar-refractivity contribution is 5.92. The van der Waals surface area contributed by atoms with Crippen molar-refractivity contribution in [1.29, 1.82) is 0 Å². The molecule has 0 bridgehead atoms. The number of carbonyl (C=O) groups is 1. The summed E-state index contributed by atoms with van der Waals surface area (Å²) in [5.74, 6) is 0.450. The van der Waals surface area contributed by atoms with Gasteiger partial charge in [0.15, 0.2) is 0 Å². The molecule has 0 saturated heterocycles. The minimum absolute atomic E-state index is 0.403. The van der Waals surface area contributed by atoms with Crippen LogP contribution in [0.5, 0.6) is 5.75 Å². The van der Waals surface area contributed by atoms with E-state index in [4.69, 9.17) is 10.5 Å². The van der Waals surface area contributed by atoms with Gasteiger partial charge in [-0.1, -0.05) is 12.1 Å². The second-order valence-electron chi connectivity index (χ2n) is 4.93. The number of carbonyl (C=O) groups excluding carboxylic acids is 1. The first-order valence-corrected chi connectivity index (χ1v) is 6.69. The summed E-state index contributed by atoms with van der Waals surface area (Å²) >= 11 is 0. The Morgan fingerprint density at radius 1 is 1.14 bits per heavy atom. The highest BCUT2D eigenvalue weighted by Gasteiger charge is 2.04. The largest absolute Gasteiger partial charge is 0.497 e. The second kappa shape index (κ2) is 5.32. The number of ether oxygens (including phenoxy) is 1. The average molecular weight is 280 g/mol. The highest BCUT2D eigenvalue weighted by atomic mass is 16.5. The van der Waals surface area contributed by atoms with Crippen LogP contribution in [-0.4, -0.2) is 17.6 Å². The molecule has 1 aromatic heterocycles. The number of rotatable bonds is 4. The monoisotopic (exact) mass is 280 g/mol. The fourth-order valence-electron chi connectivity index (χ4n) is 2.41. The van der Waals surface area contributed by atoms with Gasteiger partial charge in [0.25, 0.3) is 0 Å². The van der Waals surface area contributed by atoms with Crippen LogP contribution in [0.3, 0.4) is 0 Å². The summed E-state index contributed by atoms with van der Waals surface area (Å²) in [5.41, 5.74) is 8.04. The lowest BCUT2D eigenvalue weighted by Crippen LogP contribution is -2.10. The molecule has 0 aliphatic carbocycles. The molecule has 4 heteroatoms. The van der Waals surface area contributed by atoms with E-state index in [1.807, 2.05) is 36.5 Å².